The van der Waals surface area contributed by atoms with E-state index in [9.17, 15) is 0 Å². The van der Waals surface area contributed by atoms with Crippen LogP contribution >= 0.6 is 0 Å². The van der Waals surface area contributed by atoms with Crippen LogP contribution in [0, 0.1) is 0 Å². The van der Waals surface area contributed by atoms with Gasteiger partial charge in [0.2, 0.25) is 5.95 Å². The molecule has 0 N–H and O–H groups in total. The Morgan fingerprint density at radius 3 is 1.93 bits per heavy atom. The van der Waals surface area contributed by atoms with Crippen molar-refractivity contribution in [1.82, 2.24) is 14.5 Å². The summed E-state index contributed by atoms with van der Waals surface area (Å²) in [4.78, 5) is 10.6. The van der Waals surface area contributed by atoms with Crippen LogP contribution in [0.15, 0.2) is 140 Å². The number of fused-ring (bicyclic) bond motifs is 2. The second kappa shape index (κ2) is 8.37. The van der Waals surface area contributed by atoms with Crippen molar-refractivity contribution in [3.63, 3.8) is 0 Å². The van der Waals surface area contributed by atoms with Crippen LogP contribution in [-0.4, -0.2) is 14.5 Å². The first-order valence-electron chi connectivity index (χ1n) is 14.7. The average Bonchev–Trinajstić information content (AvgIpc) is 3.42. The molecule has 2 aromatic heterocycles. The molecule has 2 heterocycles. The van der Waals surface area contributed by atoms with Gasteiger partial charge in [0.15, 0.2) is 0 Å². The third-order valence-electron chi connectivity index (χ3n) is 9.09. The Labute approximate surface area is 247 Å². The molecule has 0 saturated carbocycles. The van der Waals surface area contributed by atoms with Crippen LogP contribution in [0.4, 0.5) is 0 Å². The lowest BCUT2D eigenvalue weighted by Gasteiger charge is -2.14. The molecule has 0 atom stereocenters. The minimum Gasteiger partial charge on any atom is -0.278 e. The van der Waals surface area contributed by atoms with Gasteiger partial charge in [-0.3, -0.25) is 4.57 Å². The van der Waals surface area contributed by atoms with E-state index >= 15 is 0 Å². The fourth-order valence-electron chi connectivity index (χ4n) is 7.25. The quantitative estimate of drug-likeness (QED) is 0.163. The third-order valence-corrected chi connectivity index (χ3v) is 9.09. The summed E-state index contributed by atoms with van der Waals surface area (Å²) >= 11 is 0. The normalized spacial score (nSPS) is 12.2. The van der Waals surface area contributed by atoms with Crippen LogP contribution in [0.3, 0.4) is 0 Å². The van der Waals surface area contributed by atoms with Crippen molar-refractivity contribution in [2.45, 2.75) is 0 Å². The number of hydrogen-bond donors (Lipinski definition) is 0. The predicted octanol–water partition coefficient (Wildman–Crippen LogP) is 10.4. The molecule has 0 bridgehead atoms. The van der Waals surface area contributed by atoms with E-state index in [2.05, 4.69) is 138 Å². The summed E-state index contributed by atoms with van der Waals surface area (Å²) in [6.45, 7) is 0. The Bertz CT molecular complexity index is 2650. The molecule has 0 saturated heterocycles. The topological polar surface area (TPSA) is 30.7 Å². The fraction of sp³-hybridized carbons (Fsp3) is 0. The Balaban J connectivity index is 1.43. The van der Waals surface area contributed by atoms with E-state index in [4.69, 9.17) is 9.97 Å². The van der Waals surface area contributed by atoms with E-state index in [1.54, 1.807) is 0 Å². The Kier molecular flexibility index (Phi) is 4.45. The van der Waals surface area contributed by atoms with Crippen molar-refractivity contribution >= 4 is 65.0 Å². The summed E-state index contributed by atoms with van der Waals surface area (Å²) in [6, 6.07) is 49.9. The van der Waals surface area contributed by atoms with Gasteiger partial charge in [0.05, 0.1) is 22.2 Å². The third kappa shape index (κ3) is 3.08. The molecule has 0 aliphatic heterocycles. The van der Waals surface area contributed by atoms with Gasteiger partial charge >= 0.3 is 0 Å². The summed E-state index contributed by atoms with van der Waals surface area (Å²) < 4.78 is 2.30. The molecule has 0 radical (unpaired) electrons. The molecule has 43 heavy (non-hydrogen) atoms. The number of hydrogen-bond acceptors (Lipinski definition) is 2. The lowest BCUT2D eigenvalue weighted by Crippen LogP contribution is -2.03. The maximum atomic E-state index is 5.34. The summed E-state index contributed by atoms with van der Waals surface area (Å²) in [7, 11) is 0. The zero-order chi connectivity index (χ0) is 28.1. The first-order valence-corrected chi connectivity index (χ1v) is 14.7. The minimum absolute atomic E-state index is 0.686. The number of rotatable bonds is 3. The maximum Gasteiger partial charge on any atom is 0.235 e. The van der Waals surface area contributed by atoms with Crippen molar-refractivity contribution in [1.29, 1.82) is 0 Å². The van der Waals surface area contributed by atoms with Crippen LogP contribution in [0.25, 0.3) is 93.4 Å². The van der Waals surface area contributed by atoms with E-state index in [1.165, 1.54) is 54.2 Å². The maximum absolute atomic E-state index is 5.34. The summed E-state index contributed by atoms with van der Waals surface area (Å²) in [5.74, 6) is 0.686. The molecule has 10 aromatic rings. The highest BCUT2D eigenvalue weighted by molar-refractivity contribution is 6.40. The van der Waals surface area contributed by atoms with Crippen LogP contribution in [-0.2, 0) is 0 Å². The van der Waals surface area contributed by atoms with Crippen molar-refractivity contribution in [2.24, 2.45) is 0 Å². The SMILES string of the molecule is c1ccc(-c2cc3c4cccc5ccc6ccc7c(c6c54)c3c(c2)n7-c2nc(-c3ccccc3)c3ccccc3n2)cc1. The van der Waals surface area contributed by atoms with Gasteiger partial charge in [-0.15, -0.1) is 0 Å². The molecule has 0 unspecified atom stereocenters. The number of para-hydroxylation sites is 1. The largest absolute Gasteiger partial charge is 0.278 e. The first kappa shape index (κ1) is 22.8. The Morgan fingerprint density at radius 2 is 1.09 bits per heavy atom. The lowest BCUT2D eigenvalue weighted by molar-refractivity contribution is 1.01. The van der Waals surface area contributed by atoms with E-state index in [0.717, 1.165) is 33.2 Å². The van der Waals surface area contributed by atoms with Gasteiger partial charge < -0.3 is 0 Å². The van der Waals surface area contributed by atoms with Gasteiger partial charge in [-0.05, 0) is 62.3 Å². The zero-order valence-electron chi connectivity index (χ0n) is 23.1. The highest BCUT2D eigenvalue weighted by atomic mass is 15.2. The van der Waals surface area contributed by atoms with Gasteiger partial charge in [-0.2, -0.15) is 0 Å². The molecule has 0 spiro atoms. The second-order valence-electron chi connectivity index (χ2n) is 11.4. The van der Waals surface area contributed by atoms with Crippen LogP contribution in [0.5, 0.6) is 0 Å². The van der Waals surface area contributed by atoms with Gasteiger partial charge in [0, 0.05) is 27.1 Å². The fourth-order valence-corrected chi connectivity index (χ4v) is 7.25. The predicted molar refractivity (Wildman–Crippen MR) is 180 cm³/mol. The molecule has 3 heteroatoms. The highest BCUT2D eigenvalue weighted by Gasteiger charge is 2.24. The number of nitrogens with zero attached hydrogens (tertiary/aromatic N) is 3. The monoisotopic (exact) mass is 545 g/mol. The van der Waals surface area contributed by atoms with Crippen LogP contribution in [0.1, 0.15) is 0 Å². The molecular formula is C40H23N3. The molecule has 0 aliphatic rings. The Hall–Kier alpha value is -5.80. The molecular weight excluding hydrogens is 522 g/mol. The van der Waals surface area contributed by atoms with E-state index < -0.39 is 0 Å². The van der Waals surface area contributed by atoms with E-state index in [-0.39, 0.29) is 0 Å². The molecule has 10 rings (SSSR count). The minimum atomic E-state index is 0.686. The lowest BCUT2D eigenvalue weighted by atomic mass is 9.88. The Morgan fingerprint density at radius 1 is 0.395 bits per heavy atom. The van der Waals surface area contributed by atoms with Gasteiger partial charge in [0.1, 0.15) is 0 Å². The van der Waals surface area contributed by atoms with Crippen molar-refractivity contribution < 1.29 is 0 Å². The highest BCUT2D eigenvalue weighted by Crippen LogP contribution is 2.48. The number of benzene rings is 8. The second-order valence-corrected chi connectivity index (χ2v) is 11.4. The smallest absolute Gasteiger partial charge is 0.235 e. The van der Waals surface area contributed by atoms with Crippen LogP contribution < -0.4 is 0 Å². The summed E-state index contributed by atoms with van der Waals surface area (Å²) in [6.07, 6.45) is 0. The van der Waals surface area contributed by atoms with Gasteiger partial charge in [-0.1, -0.05) is 115 Å². The first-order chi connectivity index (χ1) is 21.3. The van der Waals surface area contributed by atoms with E-state index in [0.29, 0.717) is 5.95 Å². The molecule has 3 nitrogen and oxygen atoms in total. The molecule has 8 aromatic carbocycles. The van der Waals surface area contributed by atoms with Gasteiger partial charge in [-0.25, -0.2) is 9.97 Å². The molecule has 0 aliphatic carbocycles. The summed E-state index contributed by atoms with van der Waals surface area (Å²) in [5.41, 5.74) is 7.59. The van der Waals surface area contributed by atoms with Crippen LogP contribution in [0.2, 0.25) is 0 Å². The van der Waals surface area contributed by atoms with Gasteiger partial charge in [0.25, 0.3) is 0 Å². The van der Waals surface area contributed by atoms with E-state index in [1.807, 2.05) is 6.07 Å². The standard InChI is InChI=1S/C40H23N3/c1-3-10-24(11-4-1)28-22-31-29-16-9-14-25-18-19-26-20-21-33-38(36(26)35(25)29)37(31)34(23-28)43(33)40-41-32-17-8-7-15-30(32)39(42-40)27-12-5-2-6-13-27/h1-23H. The zero-order valence-corrected chi connectivity index (χ0v) is 23.1. The van der Waals surface area contributed by atoms with Crippen molar-refractivity contribution in [3.8, 4) is 28.3 Å². The van der Waals surface area contributed by atoms with Crippen molar-refractivity contribution in [3.05, 3.63) is 140 Å². The average molecular weight is 546 g/mol. The van der Waals surface area contributed by atoms with Crippen molar-refractivity contribution in [2.75, 3.05) is 0 Å². The molecule has 0 amide bonds. The molecule has 198 valence electrons. The number of aromatic nitrogens is 3. The molecule has 0 fully saturated rings. The summed E-state index contributed by atoms with van der Waals surface area (Å²) in [5, 5.41) is 11.3.